The van der Waals surface area contributed by atoms with Crippen LogP contribution in [0.1, 0.15) is 60.8 Å². The number of fused-ring (bicyclic) bond motifs is 6. The predicted molar refractivity (Wildman–Crippen MR) is 172 cm³/mol. The average molecular weight is 533 g/mol. The topological polar surface area (TPSA) is 0 Å². The Morgan fingerprint density at radius 3 is 1.48 bits per heavy atom. The van der Waals surface area contributed by atoms with Gasteiger partial charge >= 0.3 is 0 Å². The highest BCUT2D eigenvalue weighted by Crippen LogP contribution is 2.60. The summed E-state index contributed by atoms with van der Waals surface area (Å²) >= 11 is 0. The summed E-state index contributed by atoms with van der Waals surface area (Å²) in [7, 11) is 0. The van der Waals surface area contributed by atoms with Gasteiger partial charge in [-0.25, -0.2) is 0 Å². The number of hydrogen-bond donors (Lipinski definition) is 0. The summed E-state index contributed by atoms with van der Waals surface area (Å²) in [5.41, 5.74) is 3.44. The summed E-state index contributed by atoms with van der Waals surface area (Å²) in [5, 5.41) is 0. The molecule has 40 heavy (non-hydrogen) atoms. The first-order valence-corrected chi connectivity index (χ1v) is 16.2. The van der Waals surface area contributed by atoms with E-state index in [1.807, 2.05) is 0 Å². The number of hydrogen-bond acceptors (Lipinski definition) is 0. The van der Waals surface area contributed by atoms with Crippen LogP contribution in [0.2, 0.25) is 0 Å². The molecule has 0 amide bonds. The highest BCUT2D eigenvalue weighted by atomic mass is 14.6. The normalized spacial score (nSPS) is 39.8. The van der Waals surface area contributed by atoms with Crippen LogP contribution < -0.4 is 0 Å². The number of rotatable bonds is 6. The molecule has 6 aliphatic rings. The average Bonchev–Trinajstić information content (AvgIpc) is 3.42. The van der Waals surface area contributed by atoms with Crippen molar-refractivity contribution in [3.8, 4) is 0 Å². The van der Waals surface area contributed by atoms with Gasteiger partial charge in [0.05, 0.1) is 0 Å². The van der Waals surface area contributed by atoms with Gasteiger partial charge in [0.2, 0.25) is 0 Å². The van der Waals surface area contributed by atoms with E-state index in [4.69, 9.17) is 0 Å². The van der Waals surface area contributed by atoms with Crippen molar-refractivity contribution < 1.29 is 0 Å². The molecule has 0 bridgehead atoms. The zero-order valence-corrected chi connectivity index (χ0v) is 25.8. The SMILES string of the molecule is C=CCCC(CC1C2C=C(C(C)(C)C)C=CC2C2C=CC(C(C)(C)C)=CC21)C1C2C=CC=CC2C2C=CC=CC21. The molecule has 0 aromatic heterocycles. The zero-order chi connectivity index (χ0) is 28.2. The monoisotopic (exact) mass is 532 g/mol. The summed E-state index contributed by atoms with van der Waals surface area (Å²) < 4.78 is 0. The largest absolute Gasteiger partial charge is 0.103 e. The van der Waals surface area contributed by atoms with Crippen molar-refractivity contribution in [3.05, 3.63) is 109 Å². The van der Waals surface area contributed by atoms with E-state index in [-0.39, 0.29) is 10.8 Å². The van der Waals surface area contributed by atoms with Crippen LogP contribution in [0.25, 0.3) is 0 Å². The van der Waals surface area contributed by atoms with Gasteiger partial charge in [-0.05, 0) is 106 Å². The van der Waals surface area contributed by atoms with Crippen LogP contribution in [0, 0.1) is 75.9 Å². The lowest BCUT2D eigenvalue weighted by molar-refractivity contribution is 0.170. The molecular formula is C40H52. The molecule has 0 saturated heterocycles. The smallest absolute Gasteiger partial charge is 0.00954 e. The Morgan fingerprint density at radius 1 is 0.625 bits per heavy atom. The molecule has 0 aliphatic heterocycles. The summed E-state index contributed by atoms with van der Waals surface area (Å²) in [4.78, 5) is 0. The third-order valence-corrected chi connectivity index (χ3v) is 11.4. The molecule has 9 unspecified atom stereocenters. The minimum atomic E-state index is 0.189. The molecule has 6 aliphatic carbocycles. The minimum Gasteiger partial charge on any atom is -0.103 e. The standard InChI is InChI=1S/C40H52/c1-8-9-14-26(38-33-17-12-10-15-29(33)30-16-11-13-18-34(30)38)23-35-36-24-27(39(2,3)4)19-21-31(36)32-22-20-28(25-37(32)35)40(5,6)7/h8,10-13,15-22,24-26,29-38H,1,9,14,23H2,2-7H3. The lowest BCUT2D eigenvalue weighted by atomic mass is 9.67. The van der Waals surface area contributed by atoms with E-state index in [0.29, 0.717) is 65.1 Å². The molecule has 2 saturated carbocycles. The second kappa shape index (κ2) is 10.5. The van der Waals surface area contributed by atoms with Crippen LogP contribution in [-0.4, -0.2) is 0 Å². The maximum Gasteiger partial charge on any atom is -0.00954 e. The van der Waals surface area contributed by atoms with Gasteiger partial charge in [0.15, 0.2) is 0 Å². The molecule has 0 heterocycles. The van der Waals surface area contributed by atoms with E-state index in [1.165, 1.54) is 24.0 Å². The molecular weight excluding hydrogens is 480 g/mol. The Bertz CT molecular complexity index is 1140. The lowest BCUT2D eigenvalue weighted by Crippen LogP contribution is -2.30. The Hall–Kier alpha value is -2.34. The van der Waals surface area contributed by atoms with Gasteiger partial charge in [-0.1, -0.05) is 133 Å². The summed E-state index contributed by atoms with van der Waals surface area (Å²) in [5.74, 6) is 7.15. The Balaban J connectivity index is 1.39. The molecule has 0 heteroatoms. The zero-order valence-electron chi connectivity index (χ0n) is 25.8. The molecule has 212 valence electrons. The number of allylic oxidation sites excluding steroid dienone is 17. The van der Waals surface area contributed by atoms with E-state index in [2.05, 4.69) is 139 Å². The van der Waals surface area contributed by atoms with Gasteiger partial charge in [-0.3, -0.25) is 0 Å². The van der Waals surface area contributed by atoms with Crippen LogP contribution in [-0.2, 0) is 0 Å². The highest BCUT2D eigenvalue weighted by molar-refractivity contribution is 5.39. The fourth-order valence-electron chi connectivity index (χ4n) is 9.45. The molecule has 0 aromatic carbocycles. The van der Waals surface area contributed by atoms with Crippen molar-refractivity contribution in [2.24, 2.45) is 75.9 Å². The molecule has 0 radical (unpaired) electrons. The lowest BCUT2D eigenvalue weighted by Gasteiger charge is -2.38. The Morgan fingerprint density at radius 2 is 1.05 bits per heavy atom. The van der Waals surface area contributed by atoms with Crippen LogP contribution >= 0.6 is 0 Å². The van der Waals surface area contributed by atoms with Crippen molar-refractivity contribution in [2.45, 2.75) is 60.8 Å². The molecule has 0 N–H and O–H groups in total. The molecule has 0 aromatic rings. The summed E-state index contributed by atoms with van der Waals surface area (Å²) in [6.45, 7) is 18.5. The molecule has 6 rings (SSSR count). The summed E-state index contributed by atoms with van der Waals surface area (Å²) in [6, 6.07) is 0. The second-order valence-electron chi connectivity index (χ2n) is 15.7. The van der Waals surface area contributed by atoms with Crippen molar-refractivity contribution in [1.29, 1.82) is 0 Å². The van der Waals surface area contributed by atoms with Crippen molar-refractivity contribution in [3.63, 3.8) is 0 Å². The highest BCUT2D eigenvalue weighted by Gasteiger charge is 2.53. The maximum atomic E-state index is 4.17. The quantitative estimate of drug-likeness (QED) is 0.298. The van der Waals surface area contributed by atoms with Gasteiger partial charge in [0, 0.05) is 0 Å². The van der Waals surface area contributed by atoms with Gasteiger partial charge < -0.3 is 0 Å². The molecule has 0 spiro atoms. The van der Waals surface area contributed by atoms with E-state index < -0.39 is 0 Å². The molecule has 2 fully saturated rings. The van der Waals surface area contributed by atoms with E-state index in [0.717, 1.165) is 6.42 Å². The summed E-state index contributed by atoms with van der Waals surface area (Å²) in [6.07, 6.45) is 40.9. The van der Waals surface area contributed by atoms with E-state index >= 15 is 0 Å². The first kappa shape index (κ1) is 27.8. The Kier molecular flexibility index (Phi) is 7.29. The first-order chi connectivity index (χ1) is 19.1. The molecule has 9 atom stereocenters. The Labute approximate surface area is 245 Å². The fourth-order valence-corrected chi connectivity index (χ4v) is 9.45. The van der Waals surface area contributed by atoms with Gasteiger partial charge in [0.1, 0.15) is 0 Å². The van der Waals surface area contributed by atoms with Gasteiger partial charge in [-0.2, -0.15) is 0 Å². The first-order valence-electron chi connectivity index (χ1n) is 16.2. The van der Waals surface area contributed by atoms with Crippen LogP contribution in [0.5, 0.6) is 0 Å². The minimum absolute atomic E-state index is 0.189. The predicted octanol–water partition coefficient (Wildman–Crippen LogP) is 10.5. The second-order valence-corrected chi connectivity index (χ2v) is 15.7. The maximum absolute atomic E-state index is 4.17. The fraction of sp³-hybridized carbons (Fsp3) is 0.550. The van der Waals surface area contributed by atoms with Crippen molar-refractivity contribution >= 4 is 0 Å². The third-order valence-electron chi connectivity index (χ3n) is 11.4. The van der Waals surface area contributed by atoms with E-state index in [1.54, 1.807) is 0 Å². The molecule has 0 nitrogen and oxygen atoms in total. The third kappa shape index (κ3) is 4.88. The van der Waals surface area contributed by atoms with Crippen LogP contribution in [0.4, 0.5) is 0 Å². The van der Waals surface area contributed by atoms with Crippen molar-refractivity contribution in [2.75, 3.05) is 0 Å². The van der Waals surface area contributed by atoms with Crippen LogP contribution in [0.3, 0.4) is 0 Å². The van der Waals surface area contributed by atoms with Crippen LogP contribution in [0.15, 0.2) is 109 Å². The van der Waals surface area contributed by atoms with Crippen molar-refractivity contribution in [1.82, 2.24) is 0 Å². The van der Waals surface area contributed by atoms with E-state index in [9.17, 15) is 0 Å². The van der Waals surface area contributed by atoms with Gasteiger partial charge in [0.25, 0.3) is 0 Å². The van der Waals surface area contributed by atoms with Gasteiger partial charge in [-0.15, -0.1) is 6.58 Å².